The maximum atomic E-state index is 5.75. The van der Waals surface area contributed by atoms with E-state index in [-0.39, 0.29) is 0 Å². The summed E-state index contributed by atoms with van der Waals surface area (Å²) in [4.78, 5) is 4.17. The molecule has 0 unspecified atom stereocenters. The second-order valence-corrected chi connectivity index (χ2v) is 4.75. The molecule has 2 aromatic rings. The van der Waals surface area contributed by atoms with Crippen LogP contribution in [0.5, 0.6) is 11.6 Å². The number of benzene rings is 1. The molecule has 0 saturated heterocycles. The average Bonchev–Trinajstić information content (AvgIpc) is 2.48. The van der Waals surface area contributed by atoms with E-state index >= 15 is 0 Å². The molecule has 2 heteroatoms. The van der Waals surface area contributed by atoms with Crippen LogP contribution in [0.1, 0.15) is 38.7 Å². The molecular weight excluding hydrogens is 246 g/mol. The SMILES string of the molecule is CCC/C(=C\c1cccc(Oc2ccccn2)c1)CC. The molecule has 104 valence electrons. The number of rotatable bonds is 6. The lowest BCUT2D eigenvalue weighted by molar-refractivity contribution is 0.463. The molecule has 0 aliphatic heterocycles. The van der Waals surface area contributed by atoms with Gasteiger partial charge in [-0.15, -0.1) is 0 Å². The van der Waals surface area contributed by atoms with E-state index in [0.717, 1.165) is 18.6 Å². The van der Waals surface area contributed by atoms with Crippen molar-refractivity contribution in [2.45, 2.75) is 33.1 Å². The van der Waals surface area contributed by atoms with Gasteiger partial charge in [-0.1, -0.05) is 50.1 Å². The van der Waals surface area contributed by atoms with Crippen molar-refractivity contribution in [2.75, 3.05) is 0 Å². The first-order chi connectivity index (χ1) is 9.81. The van der Waals surface area contributed by atoms with Crippen LogP contribution in [0.2, 0.25) is 0 Å². The molecule has 1 aromatic carbocycles. The molecular formula is C18H21NO. The Bertz CT molecular complexity index is 561. The van der Waals surface area contributed by atoms with Crippen molar-refractivity contribution in [3.63, 3.8) is 0 Å². The van der Waals surface area contributed by atoms with Gasteiger partial charge in [0, 0.05) is 12.3 Å². The number of hydrogen-bond acceptors (Lipinski definition) is 2. The van der Waals surface area contributed by atoms with E-state index < -0.39 is 0 Å². The number of nitrogens with zero attached hydrogens (tertiary/aromatic N) is 1. The summed E-state index contributed by atoms with van der Waals surface area (Å²) in [6.45, 7) is 4.42. The second-order valence-electron chi connectivity index (χ2n) is 4.75. The van der Waals surface area contributed by atoms with Crippen LogP contribution in [0, 0.1) is 0 Å². The highest BCUT2D eigenvalue weighted by Gasteiger charge is 1.99. The lowest BCUT2D eigenvalue weighted by atomic mass is 10.0. The molecule has 0 bridgehead atoms. The van der Waals surface area contributed by atoms with E-state index in [1.165, 1.54) is 17.6 Å². The van der Waals surface area contributed by atoms with E-state index in [2.05, 4.69) is 37.0 Å². The van der Waals surface area contributed by atoms with Crippen LogP contribution in [-0.2, 0) is 0 Å². The first-order valence-corrected chi connectivity index (χ1v) is 7.20. The Morgan fingerprint density at radius 2 is 2.05 bits per heavy atom. The average molecular weight is 267 g/mol. The van der Waals surface area contributed by atoms with Crippen LogP contribution < -0.4 is 4.74 Å². The maximum Gasteiger partial charge on any atom is 0.219 e. The number of ether oxygens (including phenoxy) is 1. The van der Waals surface area contributed by atoms with Gasteiger partial charge in [-0.25, -0.2) is 4.98 Å². The molecule has 0 N–H and O–H groups in total. The van der Waals surface area contributed by atoms with E-state index in [9.17, 15) is 0 Å². The van der Waals surface area contributed by atoms with Crippen LogP contribution in [-0.4, -0.2) is 4.98 Å². The lowest BCUT2D eigenvalue weighted by Gasteiger charge is -2.06. The van der Waals surface area contributed by atoms with Gasteiger partial charge in [0.15, 0.2) is 0 Å². The second kappa shape index (κ2) is 7.49. The van der Waals surface area contributed by atoms with Crippen LogP contribution in [0.15, 0.2) is 54.2 Å². The van der Waals surface area contributed by atoms with Crippen molar-refractivity contribution >= 4 is 6.08 Å². The Morgan fingerprint density at radius 3 is 2.75 bits per heavy atom. The van der Waals surface area contributed by atoms with E-state index in [1.807, 2.05) is 30.3 Å². The van der Waals surface area contributed by atoms with E-state index in [0.29, 0.717) is 5.88 Å². The third-order valence-corrected chi connectivity index (χ3v) is 3.11. The Balaban J connectivity index is 2.15. The Labute approximate surface area is 121 Å². The van der Waals surface area contributed by atoms with Crippen molar-refractivity contribution in [1.82, 2.24) is 4.98 Å². The zero-order chi connectivity index (χ0) is 14.2. The lowest BCUT2D eigenvalue weighted by Crippen LogP contribution is -1.87. The summed E-state index contributed by atoms with van der Waals surface area (Å²) in [6.07, 6.45) is 7.43. The van der Waals surface area contributed by atoms with Crippen molar-refractivity contribution in [3.05, 3.63) is 59.8 Å². The normalized spacial score (nSPS) is 11.4. The van der Waals surface area contributed by atoms with Crippen LogP contribution in [0.3, 0.4) is 0 Å². The fraction of sp³-hybridized carbons (Fsp3) is 0.278. The van der Waals surface area contributed by atoms with Crippen molar-refractivity contribution in [1.29, 1.82) is 0 Å². The third-order valence-electron chi connectivity index (χ3n) is 3.11. The fourth-order valence-corrected chi connectivity index (χ4v) is 2.10. The Kier molecular flexibility index (Phi) is 5.36. The number of pyridine rings is 1. The number of hydrogen-bond donors (Lipinski definition) is 0. The van der Waals surface area contributed by atoms with Crippen LogP contribution in [0.4, 0.5) is 0 Å². The molecule has 1 aromatic heterocycles. The molecule has 0 aliphatic rings. The summed E-state index contributed by atoms with van der Waals surface area (Å²) in [7, 11) is 0. The summed E-state index contributed by atoms with van der Waals surface area (Å²) in [5.41, 5.74) is 2.66. The van der Waals surface area contributed by atoms with E-state index in [1.54, 1.807) is 6.20 Å². The first-order valence-electron chi connectivity index (χ1n) is 7.20. The zero-order valence-electron chi connectivity index (χ0n) is 12.2. The Morgan fingerprint density at radius 1 is 1.15 bits per heavy atom. The molecule has 0 spiro atoms. The van der Waals surface area contributed by atoms with Crippen molar-refractivity contribution < 1.29 is 4.74 Å². The smallest absolute Gasteiger partial charge is 0.219 e. The monoisotopic (exact) mass is 267 g/mol. The summed E-state index contributed by atoms with van der Waals surface area (Å²) in [5.74, 6) is 1.45. The quantitative estimate of drug-likeness (QED) is 0.692. The molecule has 0 amide bonds. The minimum absolute atomic E-state index is 0.623. The highest BCUT2D eigenvalue weighted by atomic mass is 16.5. The highest BCUT2D eigenvalue weighted by molar-refractivity contribution is 5.55. The molecule has 1 heterocycles. The van der Waals surface area contributed by atoms with Gasteiger partial charge in [-0.05, 0) is 36.6 Å². The van der Waals surface area contributed by atoms with Gasteiger partial charge in [-0.2, -0.15) is 0 Å². The third kappa shape index (κ3) is 4.23. The van der Waals surface area contributed by atoms with Crippen molar-refractivity contribution in [3.8, 4) is 11.6 Å². The molecule has 0 saturated carbocycles. The summed E-state index contributed by atoms with van der Waals surface area (Å²) >= 11 is 0. The molecule has 0 fully saturated rings. The molecule has 0 radical (unpaired) electrons. The first kappa shape index (κ1) is 14.3. The predicted molar refractivity (Wildman–Crippen MR) is 83.9 cm³/mol. The molecule has 20 heavy (non-hydrogen) atoms. The Hall–Kier alpha value is -2.09. The standard InChI is InChI=1S/C18H21NO/c1-3-8-15(4-2)13-16-9-7-10-17(14-16)20-18-11-5-6-12-19-18/h5-7,9-14H,3-4,8H2,1-2H3/b15-13-. The van der Waals surface area contributed by atoms with Gasteiger partial charge in [0.2, 0.25) is 5.88 Å². The van der Waals surface area contributed by atoms with Gasteiger partial charge in [-0.3, -0.25) is 0 Å². The summed E-state index contributed by atoms with van der Waals surface area (Å²) in [6, 6.07) is 13.8. The van der Waals surface area contributed by atoms with Gasteiger partial charge in [0.05, 0.1) is 0 Å². The maximum absolute atomic E-state index is 5.75. The zero-order valence-corrected chi connectivity index (χ0v) is 12.2. The van der Waals surface area contributed by atoms with Crippen LogP contribution >= 0.6 is 0 Å². The summed E-state index contributed by atoms with van der Waals surface area (Å²) in [5, 5.41) is 0. The molecule has 0 atom stereocenters. The molecule has 2 nitrogen and oxygen atoms in total. The minimum atomic E-state index is 0.623. The number of allylic oxidation sites excluding steroid dienone is 1. The number of aromatic nitrogens is 1. The highest BCUT2D eigenvalue weighted by Crippen LogP contribution is 2.22. The van der Waals surface area contributed by atoms with Crippen LogP contribution in [0.25, 0.3) is 6.08 Å². The van der Waals surface area contributed by atoms with Gasteiger partial charge >= 0.3 is 0 Å². The largest absolute Gasteiger partial charge is 0.439 e. The topological polar surface area (TPSA) is 22.1 Å². The molecule has 0 aliphatic carbocycles. The fourth-order valence-electron chi connectivity index (χ4n) is 2.10. The van der Waals surface area contributed by atoms with Gasteiger partial charge < -0.3 is 4.74 Å². The van der Waals surface area contributed by atoms with Crippen molar-refractivity contribution in [2.24, 2.45) is 0 Å². The van der Waals surface area contributed by atoms with Gasteiger partial charge in [0.1, 0.15) is 5.75 Å². The van der Waals surface area contributed by atoms with E-state index in [4.69, 9.17) is 4.74 Å². The minimum Gasteiger partial charge on any atom is -0.439 e. The van der Waals surface area contributed by atoms with Gasteiger partial charge in [0.25, 0.3) is 0 Å². The predicted octanol–water partition coefficient (Wildman–Crippen LogP) is 5.47. The summed E-state index contributed by atoms with van der Waals surface area (Å²) < 4.78 is 5.75. The molecule has 2 rings (SSSR count).